The number of hydrogen-bond donors (Lipinski definition) is 3. The molecular formula is C19H20N2O3. The first-order chi connectivity index (χ1) is 11.6. The molecule has 0 aliphatic heterocycles. The normalized spacial score (nSPS) is 12.3. The second kappa shape index (κ2) is 6.86. The molecule has 3 aromatic rings. The second-order valence-electron chi connectivity index (χ2n) is 5.87. The molecule has 0 aliphatic rings. The van der Waals surface area contributed by atoms with Crippen molar-refractivity contribution in [2.45, 2.75) is 6.10 Å². The van der Waals surface area contributed by atoms with Crippen LogP contribution in [0.5, 0.6) is 0 Å². The maximum absolute atomic E-state index is 12.5. The number of benzene rings is 2. The van der Waals surface area contributed by atoms with Gasteiger partial charge in [-0.05, 0) is 29.1 Å². The van der Waals surface area contributed by atoms with Crippen molar-refractivity contribution < 1.29 is 10.2 Å². The van der Waals surface area contributed by atoms with Crippen LogP contribution in [0.1, 0.15) is 0 Å². The van der Waals surface area contributed by atoms with Gasteiger partial charge >= 0.3 is 0 Å². The molecule has 1 aromatic heterocycles. The fourth-order valence-electron chi connectivity index (χ4n) is 2.74. The van der Waals surface area contributed by atoms with E-state index >= 15 is 0 Å². The Kier molecular flexibility index (Phi) is 4.64. The molecule has 2 aromatic carbocycles. The van der Waals surface area contributed by atoms with Crippen molar-refractivity contribution in [3.05, 3.63) is 65.0 Å². The lowest BCUT2D eigenvalue weighted by Crippen LogP contribution is -2.31. The molecule has 3 rings (SSSR count). The number of fused-ring (bicyclic) bond motifs is 1. The number of aromatic amines is 1. The molecule has 1 unspecified atom stereocenters. The Hall–Kier alpha value is -2.63. The van der Waals surface area contributed by atoms with Crippen molar-refractivity contribution in [3.8, 4) is 11.3 Å². The van der Waals surface area contributed by atoms with Crippen molar-refractivity contribution in [1.29, 1.82) is 0 Å². The summed E-state index contributed by atoms with van der Waals surface area (Å²) in [5, 5.41) is 20.0. The highest BCUT2D eigenvalue weighted by Crippen LogP contribution is 2.23. The first kappa shape index (κ1) is 16.2. The third-order valence-electron chi connectivity index (χ3n) is 4.05. The number of pyridine rings is 1. The fraction of sp³-hybridized carbons (Fsp3) is 0.211. The summed E-state index contributed by atoms with van der Waals surface area (Å²) < 4.78 is 0. The molecule has 0 bridgehead atoms. The maximum Gasteiger partial charge on any atom is 0.256 e. The van der Waals surface area contributed by atoms with Crippen molar-refractivity contribution in [1.82, 2.24) is 4.98 Å². The average molecular weight is 324 g/mol. The summed E-state index contributed by atoms with van der Waals surface area (Å²) in [6.07, 6.45) is -0.815. The zero-order valence-corrected chi connectivity index (χ0v) is 13.4. The quantitative estimate of drug-likeness (QED) is 0.671. The summed E-state index contributed by atoms with van der Waals surface area (Å²) in [5.74, 6) is 0. The van der Waals surface area contributed by atoms with Crippen LogP contribution < -0.4 is 10.5 Å². The number of hydrogen-bond acceptors (Lipinski definition) is 4. The van der Waals surface area contributed by atoms with Crippen molar-refractivity contribution in [3.63, 3.8) is 0 Å². The van der Waals surface area contributed by atoms with Crippen LogP contribution in [-0.2, 0) is 0 Å². The molecule has 5 heteroatoms. The van der Waals surface area contributed by atoms with Crippen molar-refractivity contribution in [2.75, 3.05) is 25.1 Å². The number of nitrogens with zero attached hydrogens (tertiary/aromatic N) is 1. The summed E-state index contributed by atoms with van der Waals surface area (Å²) in [6.45, 7) is 0.000943. The number of H-pyrrole nitrogens is 1. The van der Waals surface area contributed by atoms with Crippen LogP contribution in [0.4, 0.5) is 5.69 Å². The molecule has 0 saturated carbocycles. The van der Waals surface area contributed by atoms with E-state index in [9.17, 15) is 9.90 Å². The number of aliphatic hydroxyl groups is 2. The van der Waals surface area contributed by atoms with E-state index in [0.29, 0.717) is 11.9 Å². The Morgan fingerprint density at radius 1 is 1.12 bits per heavy atom. The molecule has 0 spiro atoms. The summed E-state index contributed by atoms with van der Waals surface area (Å²) >= 11 is 0. The standard InChI is InChI=1S/C19H20N2O3/c1-21(11-16(23)12-22)15-8-7-14-9-18(13-5-3-2-4-6-13)20-19(24)17(14)10-15/h2-10,16,22-23H,11-12H2,1H3,(H,20,24). The highest BCUT2D eigenvalue weighted by Gasteiger charge is 2.10. The van der Waals surface area contributed by atoms with Gasteiger partial charge in [-0.25, -0.2) is 0 Å². The number of nitrogens with one attached hydrogen (secondary N) is 1. The second-order valence-corrected chi connectivity index (χ2v) is 5.87. The zero-order valence-electron chi connectivity index (χ0n) is 13.4. The van der Waals surface area contributed by atoms with Crippen LogP contribution >= 0.6 is 0 Å². The highest BCUT2D eigenvalue weighted by atomic mass is 16.3. The van der Waals surface area contributed by atoms with Crippen molar-refractivity contribution in [2.24, 2.45) is 0 Å². The van der Waals surface area contributed by atoms with E-state index in [1.165, 1.54) is 0 Å². The van der Waals surface area contributed by atoms with Gasteiger partial charge in [-0.3, -0.25) is 4.79 Å². The Morgan fingerprint density at radius 3 is 2.58 bits per heavy atom. The van der Waals surface area contributed by atoms with Crippen LogP contribution in [0.3, 0.4) is 0 Å². The van der Waals surface area contributed by atoms with Crippen molar-refractivity contribution >= 4 is 16.5 Å². The maximum atomic E-state index is 12.5. The minimum atomic E-state index is -0.815. The van der Waals surface area contributed by atoms with Crippen LogP contribution in [0.2, 0.25) is 0 Å². The monoisotopic (exact) mass is 324 g/mol. The van der Waals surface area contributed by atoms with Crippen LogP contribution in [0.15, 0.2) is 59.4 Å². The topological polar surface area (TPSA) is 76.6 Å². The van der Waals surface area contributed by atoms with Gasteiger partial charge in [-0.15, -0.1) is 0 Å². The molecule has 124 valence electrons. The number of aliphatic hydroxyl groups excluding tert-OH is 2. The number of rotatable bonds is 5. The van der Waals surface area contributed by atoms with E-state index in [4.69, 9.17) is 5.11 Å². The molecule has 0 fully saturated rings. The smallest absolute Gasteiger partial charge is 0.256 e. The summed E-state index contributed by atoms with van der Waals surface area (Å²) in [6, 6.07) is 17.3. The summed E-state index contributed by atoms with van der Waals surface area (Å²) in [5.41, 5.74) is 2.41. The number of aromatic nitrogens is 1. The molecule has 0 aliphatic carbocycles. The van der Waals surface area contributed by atoms with Gasteiger partial charge in [0.25, 0.3) is 5.56 Å². The third-order valence-corrected chi connectivity index (χ3v) is 4.05. The highest BCUT2D eigenvalue weighted by molar-refractivity contribution is 5.87. The Balaban J connectivity index is 2.00. The summed E-state index contributed by atoms with van der Waals surface area (Å²) in [7, 11) is 1.81. The third kappa shape index (κ3) is 3.32. The average Bonchev–Trinajstić information content (AvgIpc) is 2.62. The SMILES string of the molecule is CN(CC(O)CO)c1ccc2cc(-c3ccccc3)[nH]c(=O)c2c1. The van der Waals surface area contributed by atoms with Gasteiger partial charge < -0.3 is 20.1 Å². The molecule has 0 saturated heterocycles. The first-order valence-electron chi connectivity index (χ1n) is 7.81. The molecule has 1 heterocycles. The molecule has 0 radical (unpaired) electrons. The van der Waals surface area contributed by atoms with Gasteiger partial charge in [0.05, 0.1) is 12.7 Å². The lowest BCUT2D eigenvalue weighted by Gasteiger charge is -2.22. The van der Waals surface area contributed by atoms with E-state index < -0.39 is 6.10 Å². The minimum absolute atomic E-state index is 0.149. The molecule has 1 atom stereocenters. The van der Waals surface area contributed by atoms with E-state index in [-0.39, 0.29) is 12.2 Å². The van der Waals surface area contributed by atoms with Gasteiger partial charge in [-0.1, -0.05) is 36.4 Å². The molecular weight excluding hydrogens is 304 g/mol. The van der Waals surface area contributed by atoms with E-state index in [2.05, 4.69) is 4.98 Å². The van der Waals surface area contributed by atoms with E-state index in [1.54, 1.807) is 6.07 Å². The predicted octanol–water partition coefficient (Wildman–Crippen LogP) is 1.98. The fourth-order valence-corrected chi connectivity index (χ4v) is 2.74. The van der Waals surface area contributed by atoms with Gasteiger partial charge in [0.2, 0.25) is 0 Å². The van der Waals surface area contributed by atoms with Gasteiger partial charge in [-0.2, -0.15) is 0 Å². The molecule has 0 amide bonds. The number of likely N-dealkylation sites (N-methyl/N-ethyl adjacent to an activating group) is 1. The van der Waals surface area contributed by atoms with Gasteiger partial charge in [0.1, 0.15) is 0 Å². The van der Waals surface area contributed by atoms with Crippen LogP contribution in [0, 0.1) is 0 Å². The summed E-state index contributed by atoms with van der Waals surface area (Å²) in [4.78, 5) is 17.2. The first-order valence-corrected chi connectivity index (χ1v) is 7.81. The number of anilines is 1. The Morgan fingerprint density at radius 2 is 1.88 bits per heavy atom. The molecule has 3 N–H and O–H groups in total. The predicted molar refractivity (Wildman–Crippen MR) is 96.4 cm³/mol. The Bertz CT molecular complexity index is 890. The largest absolute Gasteiger partial charge is 0.394 e. The van der Waals surface area contributed by atoms with Crippen LogP contribution in [-0.4, -0.2) is 41.5 Å². The minimum Gasteiger partial charge on any atom is -0.394 e. The van der Waals surface area contributed by atoms with E-state index in [0.717, 1.165) is 22.3 Å². The van der Waals surface area contributed by atoms with E-state index in [1.807, 2.05) is 60.5 Å². The van der Waals surface area contributed by atoms with Crippen LogP contribution in [0.25, 0.3) is 22.0 Å². The lowest BCUT2D eigenvalue weighted by atomic mass is 10.1. The molecule has 5 nitrogen and oxygen atoms in total. The molecule has 24 heavy (non-hydrogen) atoms. The Labute approximate surface area is 139 Å². The van der Waals surface area contributed by atoms with Gasteiger partial charge in [0, 0.05) is 30.4 Å². The zero-order chi connectivity index (χ0) is 17.1. The lowest BCUT2D eigenvalue weighted by molar-refractivity contribution is 0.101. The van der Waals surface area contributed by atoms with Gasteiger partial charge in [0.15, 0.2) is 0 Å².